The van der Waals surface area contributed by atoms with Gasteiger partial charge in [0.1, 0.15) is 0 Å². The van der Waals surface area contributed by atoms with Gasteiger partial charge in [0.15, 0.2) is 0 Å². The van der Waals surface area contributed by atoms with E-state index in [9.17, 15) is 5.11 Å². The van der Waals surface area contributed by atoms with Crippen molar-refractivity contribution in [1.29, 1.82) is 0 Å². The lowest BCUT2D eigenvalue weighted by Gasteiger charge is -2.35. The molecule has 0 amide bonds. The summed E-state index contributed by atoms with van der Waals surface area (Å²) in [6, 6.07) is 0.405. The highest BCUT2D eigenvalue weighted by molar-refractivity contribution is 4.87. The van der Waals surface area contributed by atoms with Crippen LogP contribution in [0.5, 0.6) is 0 Å². The number of ether oxygens (including phenoxy) is 2. The molecule has 0 bridgehead atoms. The van der Waals surface area contributed by atoms with E-state index in [1.807, 2.05) is 0 Å². The molecule has 1 saturated heterocycles. The molecule has 106 valence electrons. The van der Waals surface area contributed by atoms with Gasteiger partial charge in [-0.3, -0.25) is 4.90 Å². The molecule has 3 atom stereocenters. The molecule has 2 aliphatic rings. The highest BCUT2D eigenvalue weighted by atomic mass is 16.5. The SMILES string of the molecule is COCCOCC1CCN(C2CCCCC2O)C1. The minimum Gasteiger partial charge on any atom is -0.391 e. The van der Waals surface area contributed by atoms with Gasteiger partial charge in [0.05, 0.1) is 25.9 Å². The van der Waals surface area contributed by atoms with E-state index in [1.165, 1.54) is 25.7 Å². The molecule has 4 nitrogen and oxygen atoms in total. The monoisotopic (exact) mass is 257 g/mol. The predicted octanol–water partition coefficient (Wildman–Crippen LogP) is 1.27. The standard InChI is InChI=1S/C14H27NO3/c1-17-8-9-18-11-12-6-7-15(10-12)13-4-2-3-5-14(13)16/h12-14,16H,2-11H2,1H3. The third-order valence-electron chi connectivity index (χ3n) is 4.27. The van der Waals surface area contributed by atoms with Gasteiger partial charge < -0.3 is 14.6 Å². The summed E-state index contributed by atoms with van der Waals surface area (Å²) in [6.45, 7) is 4.42. The smallest absolute Gasteiger partial charge is 0.0700 e. The van der Waals surface area contributed by atoms with Crippen LogP contribution in [-0.4, -0.2) is 62.2 Å². The predicted molar refractivity (Wildman–Crippen MR) is 70.6 cm³/mol. The van der Waals surface area contributed by atoms with Crippen molar-refractivity contribution in [3.63, 3.8) is 0 Å². The summed E-state index contributed by atoms with van der Waals surface area (Å²) in [6.07, 6.45) is 5.71. The molecule has 3 unspecified atom stereocenters. The first-order chi connectivity index (χ1) is 8.81. The summed E-state index contributed by atoms with van der Waals surface area (Å²) in [4.78, 5) is 2.48. The van der Waals surface area contributed by atoms with Gasteiger partial charge in [-0.1, -0.05) is 12.8 Å². The van der Waals surface area contributed by atoms with E-state index < -0.39 is 0 Å². The van der Waals surface area contributed by atoms with Crippen LogP contribution in [0, 0.1) is 5.92 Å². The van der Waals surface area contributed by atoms with Gasteiger partial charge in [0.25, 0.3) is 0 Å². The molecule has 1 heterocycles. The first-order valence-corrected chi connectivity index (χ1v) is 7.30. The Morgan fingerprint density at radius 3 is 2.78 bits per heavy atom. The van der Waals surface area contributed by atoms with E-state index in [0.29, 0.717) is 25.2 Å². The van der Waals surface area contributed by atoms with Crippen molar-refractivity contribution >= 4 is 0 Å². The Balaban J connectivity index is 1.67. The molecular formula is C14H27NO3. The Kier molecular flexibility index (Phi) is 5.89. The highest BCUT2D eigenvalue weighted by Gasteiger charge is 2.33. The van der Waals surface area contributed by atoms with Gasteiger partial charge in [-0.15, -0.1) is 0 Å². The lowest BCUT2D eigenvalue weighted by Crippen LogP contribution is -2.44. The topological polar surface area (TPSA) is 41.9 Å². The van der Waals surface area contributed by atoms with Crippen LogP contribution in [0.4, 0.5) is 0 Å². The summed E-state index contributed by atoms with van der Waals surface area (Å²) in [7, 11) is 1.70. The Hall–Kier alpha value is -0.160. The third kappa shape index (κ3) is 3.92. The van der Waals surface area contributed by atoms with Crippen molar-refractivity contribution in [2.45, 2.75) is 44.2 Å². The lowest BCUT2D eigenvalue weighted by molar-refractivity contribution is 0.0225. The molecule has 0 aromatic rings. The van der Waals surface area contributed by atoms with Gasteiger partial charge in [0, 0.05) is 19.7 Å². The third-order valence-corrected chi connectivity index (χ3v) is 4.27. The Morgan fingerprint density at radius 2 is 2.00 bits per heavy atom. The van der Waals surface area contributed by atoms with Gasteiger partial charge in [-0.2, -0.15) is 0 Å². The molecular weight excluding hydrogens is 230 g/mol. The van der Waals surface area contributed by atoms with Crippen molar-refractivity contribution in [1.82, 2.24) is 4.90 Å². The number of hydrogen-bond acceptors (Lipinski definition) is 4. The van der Waals surface area contributed by atoms with Gasteiger partial charge >= 0.3 is 0 Å². The fourth-order valence-corrected chi connectivity index (χ4v) is 3.21. The van der Waals surface area contributed by atoms with Crippen LogP contribution in [0.25, 0.3) is 0 Å². The lowest BCUT2D eigenvalue weighted by atomic mass is 9.91. The van der Waals surface area contributed by atoms with Crippen LogP contribution in [0.3, 0.4) is 0 Å². The molecule has 4 heteroatoms. The summed E-state index contributed by atoms with van der Waals surface area (Å²) in [5.74, 6) is 0.635. The Labute approximate surface area is 110 Å². The van der Waals surface area contributed by atoms with Crippen LogP contribution >= 0.6 is 0 Å². The fourth-order valence-electron chi connectivity index (χ4n) is 3.21. The minimum atomic E-state index is -0.105. The van der Waals surface area contributed by atoms with Crippen LogP contribution in [0.15, 0.2) is 0 Å². The summed E-state index contributed by atoms with van der Waals surface area (Å²) in [5, 5.41) is 10.1. The van der Waals surface area contributed by atoms with Gasteiger partial charge in [0.2, 0.25) is 0 Å². The van der Waals surface area contributed by atoms with Crippen molar-refractivity contribution in [2.75, 3.05) is 40.0 Å². The van der Waals surface area contributed by atoms with Crippen molar-refractivity contribution in [3.05, 3.63) is 0 Å². The van der Waals surface area contributed by atoms with Crippen LogP contribution in [0.1, 0.15) is 32.1 Å². The molecule has 1 N–H and O–H groups in total. The maximum absolute atomic E-state index is 10.1. The number of aliphatic hydroxyl groups excluding tert-OH is 1. The summed E-state index contributed by atoms with van der Waals surface area (Å²) < 4.78 is 10.6. The first-order valence-electron chi connectivity index (χ1n) is 7.30. The number of likely N-dealkylation sites (tertiary alicyclic amines) is 1. The summed E-state index contributed by atoms with van der Waals surface area (Å²) >= 11 is 0. The average molecular weight is 257 g/mol. The van der Waals surface area contributed by atoms with E-state index in [2.05, 4.69) is 4.90 Å². The average Bonchev–Trinajstić information content (AvgIpc) is 2.84. The van der Waals surface area contributed by atoms with E-state index in [0.717, 1.165) is 26.1 Å². The molecule has 2 rings (SSSR count). The van der Waals surface area contributed by atoms with E-state index in [-0.39, 0.29) is 6.10 Å². The molecule has 2 fully saturated rings. The summed E-state index contributed by atoms with van der Waals surface area (Å²) in [5.41, 5.74) is 0. The maximum Gasteiger partial charge on any atom is 0.0700 e. The van der Waals surface area contributed by atoms with Gasteiger partial charge in [-0.05, 0) is 31.7 Å². The zero-order chi connectivity index (χ0) is 12.8. The molecule has 1 saturated carbocycles. The number of nitrogens with zero attached hydrogens (tertiary/aromatic N) is 1. The van der Waals surface area contributed by atoms with E-state index in [1.54, 1.807) is 7.11 Å². The molecule has 18 heavy (non-hydrogen) atoms. The zero-order valence-electron chi connectivity index (χ0n) is 11.5. The fraction of sp³-hybridized carbons (Fsp3) is 1.00. The second kappa shape index (κ2) is 7.43. The van der Waals surface area contributed by atoms with Crippen molar-refractivity contribution in [3.8, 4) is 0 Å². The van der Waals surface area contributed by atoms with Crippen LogP contribution in [0.2, 0.25) is 0 Å². The number of rotatable bonds is 6. The Morgan fingerprint density at radius 1 is 1.17 bits per heavy atom. The molecule has 1 aliphatic heterocycles. The number of methoxy groups -OCH3 is 1. The molecule has 0 aromatic carbocycles. The quantitative estimate of drug-likeness (QED) is 0.728. The largest absolute Gasteiger partial charge is 0.391 e. The molecule has 1 aliphatic carbocycles. The van der Waals surface area contributed by atoms with E-state index >= 15 is 0 Å². The van der Waals surface area contributed by atoms with E-state index in [4.69, 9.17) is 9.47 Å². The molecule has 0 radical (unpaired) electrons. The second-order valence-corrected chi connectivity index (χ2v) is 5.64. The first kappa shape index (κ1) is 14.3. The molecule has 0 spiro atoms. The van der Waals surface area contributed by atoms with Crippen LogP contribution < -0.4 is 0 Å². The minimum absolute atomic E-state index is 0.105. The van der Waals surface area contributed by atoms with Crippen LogP contribution in [-0.2, 0) is 9.47 Å². The Bertz CT molecular complexity index is 237. The maximum atomic E-state index is 10.1. The van der Waals surface area contributed by atoms with Crippen molar-refractivity contribution in [2.24, 2.45) is 5.92 Å². The zero-order valence-corrected chi connectivity index (χ0v) is 11.5. The van der Waals surface area contributed by atoms with Gasteiger partial charge in [-0.25, -0.2) is 0 Å². The molecule has 0 aromatic heterocycles. The highest BCUT2D eigenvalue weighted by Crippen LogP contribution is 2.28. The second-order valence-electron chi connectivity index (χ2n) is 5.64. The normalized spacial score (nSPS) is 34.0. The van der Waals surface area contributed by atoms with Crippen molar-refractivity contribution < 1.29 is 14.6 Å². The number of aliphatic hydroxyl groups is 1. The number of hydrogen-bond donors (Lipinski definition) is 1.